The van der Waals surface area contributed by atoms with E-state index in [0.29, 0.717) is 6.54 Å². The Hall–Kier alpha value is -3.35. The number of nitro groups is 1. The predicted octanol–water partition coefficient (Wildman–Crippen LogP) is 2.99. The van der Waals surface area contributed by atoms with Gasteiger partial charge in [-0.3, -0.25) is 15.1 Å². The first-order chi connectivity index (χ1) is 11.2. The Balaban J connectivity index is 1.73. The van der Waals surface area contributed by atoms with E-state index < -0.39 is 4.92 Å². The highest BCUT2D eigenvalue weighted by Gasteiger charge is 2.02. The van der Waals surface area contributed by atoms with Crippen molar-refractivity contribution in [3.8, 4) is 0 Å². The zero-order chi connectivity index (χ0) is 16.1. The van der Waals surface area contributed by atoms with Crippen molar-refractivity contribution in [2.45, 2.75) is 6.54 Å². The van der Waals surface area contributed by atoms with E-state index in [1.807, 2.05) is 24.3 Å². The number of rotatable bonds is 5. The standard InChI is InChI=1S/C16H13N5O2/c22-21(23)16-6-4-13(5-7-16)9-18-15-3-1-2-14(8-15)10-20-12-17-11-19-20/h1-9,11-12H,10H2. The van der Waals surface area contributed by atoms with Crippen LogP contribution in [0.15, 0.2) is 66.2 Å². The minimum atomic E-state index is -0.422. The summed E-state index contributed by atoms with van der Waals surface area (Å²) in [5, 5.41) is 14.7. The lowest BCUT2D eigenvalue weighted by Crippen LogP contribution is -1.99. The Morgan fingerprint density at radius 1 is 1.22 bits per heavy atom. The van der Waals surface area contributed by atoms with Gasteiger partial charge >= 0.3 is 0 Å². The van der Waals surface area contributed by atoms with E-state index in [4.69, 9.17) is 0 Å². The molecule has 0 unspecified atom stereocenters. The lowest BCUT2D eigenvalue weighted by atomic mass is 10.2. The molecular formula is C16H13N5O2. The maximum Gasteiger partial charge on any atom is 0.269 e. The monoisotopic (exact) mass is 307 g/mol. The quantitative estimate of drug-likeness (QED) is 0.412. The second kappa shape index (κ2) is 6.61. The molecule has 0 spiro atoms. The van der Waals surface area contributed by atoms with Gasteiger partial charge in [-0.1, -0.05) is 12.1 Å². The van der Waals surface area contributed by atoms with Crippen molar-refractivity contribution in [3.05, 3.63) is 82.4 Å². The molecule has 0 fully saturated rings. The van der Waals surface area contributed by atoms with Crippen molar-refractivity contribution in [1.82, 2.24) is 14.8 Å². The summed E-state index contributed by atoms with van der Waals surface area (Å²) in [5.74, 6) is 0. The molecule has 3 rings (SSSR count). The van der Waals surface area contributed by atoms with Crippen LogP contribution in [0.25, 0.3) is 0 Å². The minimum absolute atomic E-state index is 0.0666. The summed E-state index contributed by atoms with van der Waals surface area (Å²) in [6.07, 6.45) is 4.84. The van der Waals surface area contributed by atoms with Gasteiger partial charge in [0.15, 0.2) is 0 Å². The molecular weight excluding hydrogens is 294 g/mol. The topological polar surface area (TPSA) is 86.2 Å². The summed E-state index contributed by atoms with van der Waals surface area (Å²) >= 11 is 0. The van der Waals surface area contributed by atoms with Gasteiger partial charge in [-0.2, -0.15) is 5.10 Å². The highest BCUT2D eigenvalue weighted by atomic mass is 16.6. The molecule has 3 aromatic rings. The second-order valence-electron chi connectivity index (χ2n) is 4.87. The number of aromatic nitrogens is 3. The van der Waals surface area contributed by atoms with Crippen LogP contribution in [0.4, 0.5) is 11.4 Å². The summed E-state index contributed by atoms with van der Waals surface area (Å²) in [4.78, 5) is 18.5. The zero-order valence-electron chi connectivity index (χ0n) is 12.1. The van der Waals surface area contributed by atoms with E-state index in [9.17, 15) is 10.1 Å². The van der Waals surface area contributed by atoms with Gasteiger partial charge in [0.2, 0.25) is 0 Å². The Kier molecular flexibility index (Phi) is 4.19. The number of benzene rings is 2. The first kappa shape index (κ1) is 14.6. The van der Waals surface area contributed by atoms with E-state index in [1.165, 1.54) is 18.5 Å². The molecule has 114 valence electrons. The second-order valence-corrected chi connectivity index (χ2v) is 4.87. The molecule has 0 bridgehead atoms. The third-order valence-electron chi connectivity index (χ3n) is 3.19. The van der Waals surface area contributed by atoms with Crippen molar-refractivity contribution in [1.29, 1.82) is 0 Å². The summed E-state index contributed by atoms with van der Waals surface area (Å²) in [6.45, 7) is 0.626. The van der Waals surface area contributed by atoms with Gasteiger partial charge in [-0.05, 0) is 35.4 Å². The number of hydrogen-bond acceptors (Lipinski definition) is 5. The number of non-ortho nitro benzene ring substituents is 1. The lowest BCUT2D eigenvalue weighted by Gasteiger charge is -2.02. The van der Waals surface area contributed by atoms with Crippen LogP contribution in [-0.2, 0) is 6.54 Å². The van der Waals surface area contributed by atoms with Crippen LogP contribution in [-0.4, -0.2) is 25.9 Å². The highest BCUT2D eigenvalue weighted by molar-refractivity contribution is 5.82. The maximum atomic E-state index is 10.6. The van der Waals surface area contributed by atoms with E-state index in [2.05, 4.69) is 15.1 Å². The summed E-state index contributed by atoms with van der Waals surface area (Å²) in [5.41, 5.74) is 2.74. The van der Waals surface area contributed by atoms with Crippen LogP contribution in [0.1, 0.15) is 11.1 Å². The summed E-state index contributed by atoms with van der Waals surface area (Å²) < 4.78 is 1.74. The number of hydrogen-bond donors (Lipinski definition) is 0. The molecule has 0 N–H and O–H groups in total. The van der Waals surface area contributed by atoms with Gasteiger partial charge in [0, 0.05) is 18.3 Å². The van der Waals surface area contributed by atoms with Crippen molar-refractivity contribution >= 4 is 17.6 Å². The van der Waals surface area contributed by atoms with E-state index >= 15 is 0 Å². The van der Waals surface area contributed by atoms with Crippen LogP contribution >= 0.6 is 0 Å². The van der Waals surface area contributed by atoms with Crippen LogP contribution in [0.5, 0.6) is 0 Å². The number of nitro benzene ring substituents is 1. The van der Waals surface area contributed by atoms with Crippen LogP contribution in [0.3, 0.4) is 0 Å². The molecule has 7 nitrogen and oxygen atoms in total. The molecule has 1 aromatic heterocycles. The molecule has 0 amide bonds. The van der Waals surface area contributed by atoms with Gasteiger partial charge in [0.1, 0.15) is 12.7 Å². The first-order valence-electron chi connectivity index (χ1n) is 6.90. The maximum absolute atomic E-state index is 10.6. The zero-order valence-corrected chi connectivity index (χ0v) is 12.1. The van der Waals surface area contributed by atoms with Crippen molar-refractivity contribution in [2.24, 2.45) is 4.99 Å². The van der Waals surface area contributed by atoms with Crippen molar-refractivity contribution in [3.63, 3.8) is 0 Å². The average molecular weight is 307 g/mol. The molecule has 23 heavy (non-hydrogen) atoms. The van der Waals surface area contributed by atoms with Gasteiger partial charge in [0.25, 0.3) is 5.69 Å². The fraction of sp³-hybridized carbons (Fsp3) is 0.0625. The number of nitrogens with zero attached hydrogens (tertiary/aromatic N) is 5. The van der Waals surface area contributed by atoms with Gasteiger partial charge in [-0.25, -0.2) is 9.67 Å². The molecule has 0 aliphatic rings. The highest BCUT2D eigenvalue weighted by Crippen LogP contribution is 2.16. The average Bonchev–Trinajstić information content (AvgIpc) is 3.07. The molecule has 0 aliphatic carbocycles. The molecule has 0 atom stereocenters. The molecule has 2 aromatic carbocycles. The number of aliphatic imine (C=N–C) groups is 1. The van der Waals surface area contributed by atoms with Gasteiger partial charge < -0.3 is 0 Å². The van der Waals surface area contributed by atoms with Crippen LogP contribution < -0.4 is 0 Å². The molecule has 0 radical (unpaired) electrons. The SMILES string of the molecule is O=[N+]([O-])c1ccc(C=Nc2cccc(Cn3cncn3)c2)cc1. The Morgan fingerprint density at radius 2 is 2.04 bits per heavy atom. The van der Waals surface area contributed by atoms with E-state index in [1.54, 1.807) is 29.4 Å². The van der Waals surface area contributed by atoms with E-state index in [0.717, 1.165) is 16.8 Å². The molecule has 0 aliphatic heterocycles. The van der Waals surface area contributed by atoms with Crippen LogP contribution in [0, 0.1) is 10.1 Å². The molecule has 7 heteroatoms. The Morgan fingerprint density at radius 3 is 2.74 bits per heavy atom. The third-order valence-corrected chi connectivity index (χ3v) is 3.19. The lowest BCUT2D eigenvalue weighted by molar-refractivity contribution is -0.384. The third kappa shape index (κ3) is 3.85. The predicted molar refractivity (Wildman–Crippen MR) is 85.9 cm³/mol. The molecule has 1 heterocycles. The smallest absolute Gasteiger partial charge is 0.258 e. The summed E-state index contributed by atoms with van der Waals surface area (Å²) in [7, 11) is 0. The minimum Gasteiger partial charge on any atom is -0.258 e. The fourth-order valence-corrected chi connectivity index (χ4v) is 2.07. The van der Waals surface area contributed by atoms with Crippen molar-refractivity contribution < 1.29 is 4.92 Å². The molecule has 0 saturated heterocycles. The fourth-order valence-electron chi connectivity index (χ4n) is 2.07. The van der Waals surface area contributed by atoms with Crippen molar-refractivity contribution in [2.75, 3.05) is 0 Å². The van der Waals surface area contributed by atoms with E-state index in [-0.39, 0.29) is 5.69 Å². The normalized spacial score (nSPS) is 11.0. The Labute approximate surface area is 132 Å². The first-order valence-corrected chi connectivity index (χ1v) is 6.90. The van der Waals surface area contributed by atoms with Crippen LogP contribution in [0.2, 0.25) is 0 Å². The van der Waals surface area contributed by atoms with Gasteiger partial charge in [0.05, 0.1) is 17.2 Å². The largest absolute Gasteiger partial charge is 0.269 e. The van der Waals surface area contributed by atoms with Gasteiger partial charge in [-0.15, -0.1) is 0 Å². The molecule has 0 saturated carbocycles. The summed E-state index contributed by atoms with van der Waals surface area (Å²) in [6, 6.07) is 14.0. The Bertz CT molecular complexity index is 826.